The van der Waals surface area contributed by atoms with Crippen molar-refractivity contribution in [2.45, 2.75) is 33.7 Å². The van der Waals surface area contributed by atoms with E-state index in [4.69, 9.17) is 0 Å². The lowest BCUT2D eigenvalue weighted by atomic mass is 10.0. The second kappa shape index (κ2) is 5.36. The molecule has 5 nitrogen and oxygen atoms in total. The number of aromatic nitrogens is 1. The van der Waals surface area contributed by atoms with Crippen LogP contribution in [0.3, 0.4) is 0 Å². The lowest BCUT2D eigenvalue weighted by Gasteiger charge is -2.06. The van der Waals surface area contributed by atoms with Gasteiger partial charge in [0, 0.05) is 29.4 Å². The van der Waals surface area contributed by atoms with Crippen LogP contribution in [0.4, 0.5) is 0 Å². The number of hydrogen-bond donors (Lipinski definition) is 3. The highest BCUT2D eigenvalue weighted by Gasteiger charge is 2.18. The number of benzene rings is 1. The lowest BCUT2D eigenvalue weighted by Crippen LogP contribution is -2.22. The SMILES string of the molecule is CCC(=O)NCc1c(C(=O)O)[nH]c2cc(C)cc(C)c12. The van der Waals surface area contributed by atoms with Gasteiger partial charge in [0.2, 0.25) is 5.91 Å². The van der Waals surface area contributed by atoms with Gasteiger partial charge in [0.15, 0.2) is 0 Å². The largest absolute Gasteiger partial charge is 0.477 e. The van der Waals surface area contributed by atoms with Gasteiger partial charge in [-0.3, -0.25) is 4.79 Å². The van der Waals surface area contributed by atoms with Crippen molar-refractivity contribution in [3.8, 4) is 0 Å². The summed E-state index contributed by atoms with van der Waals surface area (Å²) in [5.74, 6) is -1.11. The Morgan fingerprint density at radius 2 is 2.00 bits per heavy atom. The molecule has 0 unspecified atom stereocenters. The van der Waals surface area contributed by atoms with E-state index < -0.39 is 5.97 Å². The summed E-state index contributed by atoms with van der Waals surface area (Å²) in [4.78, 5) is 25.7. The molecule has 0 aliphatic rings. The van der Waals surface area contributed by atoms with Crippen LogP contribution >= 0.6 is 0 Å². The van der Waals surface area contributed by atoms with E-state index in [9.17, 15) is 14.7 Å². The highest BCUT2D eigenvalue weighted by molar-refractivity contribution is 5.99. The first-order valence-electron chi connectivity index (χ1n) is 6.55. The molecule has 1 aromatic carbocycles. The Bertz CT molecular complexity index is 686. The predicted molar refractivity (Wildman–Crippen MR) is 76.9 cm³/mol. The van der Waals surface area contributed by atoms with Crippen molar-refractivity contribution in [2.75, 3.05) is 0 Å². The zero-order valence-corrected chi connectivity index (χ0v) is 11.8. The quantitative estimate of drug-likeness (QED) is 0.801. The van der Waals surface area contributed by atoms with Crippen LogP contribution in [0.1, 0.15) is 40.5 Å². The summed E-state index contributed by atoms with van der Waals surface area (Å²) in [7, 11) is 0. The standard InChI is InChI=1S/C15H18N2O3/c1-4-12(18)16-7-10-13-9(3)5-8(2)6-11(13)17-14(10)15(19)20/h5-6,17H,4,7H2,1-3H3,(H,16,18)(H,19,20). The van der Waals surface area contributed by atoms with Gasteiger partial charge in [0.05, 0.1) is 0 Å². The van der Waals surface area contributed by atoms with Gasteiger partial charge in [-0.2, -0.15) is 0 Å². The molecule has 0 radical (unpaired) electrons. The third-order valence-electron chi connectivity index (χ3n) is 3.34. The first-order chi connectivity index (χ1) is 9.43. The maximum atomic E-state index is 11.4. The molecule has 0 fully saturated rings. The number of hydrogen-bond acceptors (Lipinski definition) is 2. The Morgan fingerprint density at radius 1 is 1.30 bits per heavy atom. The zero-order chi connectivity index (χ0) is 14.9. The molecule has 0 aliphatic carbocycles. The minimum atomic E-state index is -1.01. The maximum absolute atomic E-state index is 11.4. The summed E-state index contributed by atoms with van der Waals surface area (Å²) in [5.41, 5.74) is 3.64. The molecule has 1 aromatic heterocycles. The first-order valence-corrected chi connectivity index (χ1v) is 6.55. The van der Waals surface area contributed by atoms with E-state index >= 15 is 0 Å². The molecule has 2 rings (SSSR count). The van der Waals surface area contributed by atoms with Crippen molar-refractivity contribution in [3.63, 3.8) is 0 Å². The van der Waals surface area contributed by atoms with E-state index in [1.165, 1.54) is 0 Å². The summed E-state index contributed by atoms with van der Waals surface area (Å²) >= 11 is 0. The van der Waals surface area contributed by atoms with E-state index in [0.29, 0.717) is 12.0 Å². The molecule has 20 heavy (non-hydrogen) atoms. The lowest BCUT2D eigenvalue weighted by molar-refractivity contribution is -0.120. The Balaban J connectivity index is 2.56. The number of aromatic carboxylic acids is 1. The number of aromatic amines is 1. The van der Waals surface area contributed by atoms with Crippen molar-refractivity contribution >= 4 is 22.8 Å². The van der Waals surface area contributed by atoms with E-state index in [1.54, 1.807) is 6.92 Å². The van der Waals surface area contributed by atoms with Crippen LogP contribution in [-0.2, 0) is 11.3 Å². The number of H-pyrrole nitrogens is 1. The fourth-order valence-electron chi connectivity index (χ4n) is 2.47. The van der Waals surface area contributed by atoms with E-state index in [-0.39, 0.29) is 18.1 Å². The predicted octanol–water partition coefficient (Wildman–Crippen LogP) is 2.51. The minimum Gasteiger partial charge on any atom is -0.477 e. The van der Waals surface area contributed by atoms with Gasteiger partial charge >= 0.3 is 5.97 Å². The molecule has 0 saturated carbocycles. The van der Waals surface area contributed by atoms with Crippen molar-refractivity contribution in [3.05, 3.63) is 34.5 Å². The number of fused-ring (bicyclic) bond motifs is 1. The smallest absolute Gasteiger partial charge is 0.352 e. The first kappa shape index (κ1) is 14.1. The minimum absolute atomic E-state index is 0.0968. The number of carboxylic acid groups (broad SMARTS) is 1. The third kappa shape index (κ3) is 2.52. The van der Waals surface area contributed by atoms with Crippen molar-refractivity contribution in [2.24, 2.45) is 0 Å². The van der Waals surface area contributed by atoms with Crippen LogP contribution in [0, 0.1) is 13.8 Å². The number of carboxylic acids is 1. The van der Waals surface area contributed by atoms with Crippen molar-refractivity contribution in [1.29, 1.82) is 0 Å². The molecule has 2 aromatic rings. The molecular weight excluding hydrogens is 256 g/mol. The topological polar surface area (TPSA) is 82.2 Å². The molecule has 1 amide bonds. The van der Waals surface area contributed by atoms with Gasteiger partial charge in [-0.05, 0) is 31.0 Å². The van der Waals surface area contributed by atoms with Gasteiger partial charge in [-0.1, -0.05) is 13.0 Å². The second-order valence-electron chi connectivity index (χ2n) is 4.92. The molecular formula is C15H18N2O3. The molecule has 0 bridgehead atoms. The Kier molecular flexibility index (Phi) is 3.79. The normalized spacial score (nSPS) is 10.8. The van der Waals surface area contributed by atoms with Gasteiger partial charge in [-0.25, -0.2) is 4.79 Å². The highest BCUT2D eigenvalue weighted by atomic mass is 16.4. The average Bonchev–Trinajstić information content (AvgIpc) is 2.74. The van der Waals surface area contributed by atoms with Crippen LogP contribution in [0.15, 0.2) is 12.1 Å². The molecule has 0 aliphatic heterocycles. The summed E-state index contributed by atoms with van der Waals surface area (Å²) in [6.45, 7) is 5.89. The summed E-state index contributed by atoms with van der Waals surface area (Å²) in [6, 6.07) is 3.92. The second-order valence-corrected chi connectivity index (χ2v) is 4.92. The highest BCUT2D eigenvalue weighted by Crippen LogP contribution is 2.27. The number of carbonyl (C=O) groups excluding carboxylic acids is 1. The van der Waals surface area contributed by atoms with Gasteiger partial charge in [0.25, 0.3) is 0 Å². The van der Waals surface area contributed by atoms with Crippen LogP contribution in [0.25, 0.3) is 10.9 Å². The fraction of sp³-hybridized carbons (Fsp3) is 0.333. The maximum Gasteiger partial charge on any atom is 0.352 e. The number of carbonyl (C=O) groups is 2. The van der Waals surface area contributed by atoms with Crippen LogP contribution in [0.2, 0.25) is 0 Å². The van der Waals surface area contributed by atoms with Crippen LogP contribution < -0.4 is 5.32 Å². The molecule has 5 heteroatoms. The monoisotopic (exact) mass is 274 g/mol. The van der Waals surface area contributed by atoms with Crippen LogP contribution in [0.5, 0.6) is 0 Å². The summed E-state index contributed by atoms with van der Waals surface area (Å²) < 4.78 is 0. The average molecular weight is 274 g/mol. The van der Waals surface area contributed by atoms with Gasteiger partial charge in [-0.15, -0.1) is 0 Å². The molecule has 0 atom stereocenters. The number of aryl methyl sites for hydroxylation is 2. The number of amides is 1. The number of nitrogens with one attached hydrogen (secondary N) is 2. The zero-order valence-electron chi connectivity index (χ0n) is 11.8. The molecule has 106 valence electrons. The van der Waals surface area contributed by atoms with Gasteiger partial charge in [0.1, 0.15) is 5.69 Å². The van der Waals surface area contributed by atoms with Crippen molar-refractivity contribution in [1.82, 2.24) is 10.3 Å². The summed E-state index contributed by atoms with van der Waals surface area (Å²) in [5, 5.41) is 12.9. The van der Waals surface area contributed by atoms with Crippen LogP contribution in [-0.4, -0.2) is 22.0 Å². The Labute approximate surface area is 117 Å². The molecule has 3 N–H and O–H groups in total. The van der Waals surface area contributed by atoms with E-state index in [2.05, 4.69) is 10.3 Å². The molecule has 0 spiro atoms. The van der Waals surface area contributed by atoms with Gasteiger partial charge < -0.3 is 15.4 Å². The fourth-order valence-corrected chi connectivity index (χ4v) is 2.47. The summed E-state index contributed by atoms with van der Waals surface area (Å²) in [6.07, 6.45) is 0.378. The molecule has 1 heterocycles. The molecule has 0 saturated heterocycles. The Hall–Kier alpha value is -2.30. The number of rotatable bonds is 4. The van der Waals surface area contributed by atoms with Crippen molar-refractivity contribution < 1.29 is 14.7 Å². The third-order valence-corrected chi connectivity index (χ3v) is 3.34. The van der Waals surface area contributed by atoms with E-state index in [0.717, 1.165) is 22.0 Å². The van der Waals surface area contributed by atoms with E-state index in [1.807, 2.05) is 26.0 Å². The Morgan fingerprint density at radius 3 is 2.60 bits per heavy atom.